The number of methoxy groups -OCH3 is 1. The summed E-state index contributed by atoms with van der Waals surface area (Å²) in [4.78, 5) is 11.5. The van der Waals surface area contributed by atoms with Crippen molar-refractivity contribution in [1.82, 2.24) is 0 Å². The molecular formula is C14H19NO2. The number of ether oxygens (including phenoxy) is 1. The monoisotopic (exact) mass is 233 g/mol. The molecule has 0 amide bonds. The second kappa shape index (κ2) is 4.15. The largest absolute Gasteiger partial charge is 0.465 e. The van der Waals surface area contributed by atoms with Gasteiger partial charge in [0.15, 0.2) is 0 Å². The Morgan fingerprint density at radius 3 is 2.59 bits per heavy atom. The fourth-order valence-electron chi connectivity index (χ4n) is 2.58. The summed E-state index contributed by atoms with van der Waals surface area (Å²) in [5, 5.41) is 0. The number of hydrogen-bond acceptors (Lipinski definition) is 3. The normalized spacial score (nSPS) is 27.4. The minimum absolute atomic E-state index is 0.0143. The molecule has 1 fully saturated rings. The second-order valence-electron chi connectivity index (χ2n) is 5.33. The Morgan fingerprint density at radius 1 is 1.47 bits per heavy atom. The van der Waals surface area contributed by atoms with Crippen LogP contribution in [0.4, 0.5) is 0 Å². The van der Waals surface area contributed by atoms with Crippen molar-refractivity contribution in [2.45, 2.75) is 38.1 Å². The molecule has 17 heavy (non-hydrogen) atoms. The molecule has 0 aromatic heterocycles. The van der Waals surface area contributed by atoms with E-state index in [1.54, 1.807) is 0 Å². The quantitative estimate of drug-likeness (QED) is 0.798. The Morgan fingerprint density at radius 2 is 2.12 bits per heavy atom. The second-order valence-corrected chi connectivity index (χ2v) is 5.33. The minimum Gasteiger partial charge on any atom is -0.465 e. The van der Waals surface area contributed by atoms with Crippen LogP contribution >= 0.6 is 0 Å². The number of esters is 1. The fourth-order valence-corrected chi connectivity index (χ4v) is 2.58. The highest BCUT2D eigenvalue weighted by molar-refractivity contribution is 5.91. The molecule has 2 rings (SSSR count). The molecule has 0 aliphatic heterocycles. The first-order chi connectivity index (χ1) is 7.93. The van der Waals surface area contributed by atoms with Crippen molar-refractivity contribution < 1.29 is 9.53 Å². The molecule has 0 unspecified atom stereocenters. The molecule has 1 aromatic rings. The summed E-state index contributed by atoms with van der Waals surface area (Å²) in [6, 6.07) is 5.94. The van der Waals surface area contributed by atoms with E-state index in [0.717, 1.165) is 18.4 Å². The van der Waals surface area contributed by atoms with Crippen molar-refractivity contribution in [2.24, 2.45) is 5.73 Å². The average molecular weight is 233 g/mol. The van der Waals surface area contributed by atoms with E-state index in [0.29, 0.717) is 11.5 Å². The third-order valence-electron chi connectivity index (χ3n) is 3.55. The summed E-state index contributed by atoms with van der Waals surface area (Å²) >= 11 is 0. The molecule has 0 bridgehead atoms. The van der Waals surface area contributed by atoms with Crippen LogP contribution in [0.5, 0.6) is 0 Å². The van der Waals surface area contributed by atoms with Gasteiger partial charge in [-0.2, -0.15) is 0 Å². The number of benzene rings is 1. The first-order valence-electron chi connectivity index (χ1n) is 5.91. The molecular weight excluding hydrogens is 214 g/mol. The zero-order valence-electron chi connectivity index (χ0n) is 10.6. The third-order valence-corrected chi connectivity index (χ3v) is 3.55. The number of hydrogen-bond donors (Lipinski definition) is 1. The number of aryl methyl sites for hydroxylation is 1. The highest BCUT2D eigenvalue weighted by Crippen LogP contribution is 2.43. The molecule has 2 N–H and O–H groups in total. The standard InChI is InChI=1S/C14H19NO2/c1-9-6-10(11-7-14(2,15)8-11)4-5-12(9)13(16)17-3/h4-6,11H,7-8,15H2,1-3H3. The van der Waals surface area contributed by atoms with E-state index < -0.39 is 0 Å². The lowest BCUT2D eigenvalue weighted by atomic mass is 9.67. The molecule has 0 heterocycles. The maximum absolute atomic E-state index is 11.5. The van der Waals surface area contributed by atoms with Gasteiger partial charge >= 0.3 is 5.97 Å². The predicted molar refractivity (Wildman–Crippen MR) is 67.1 cm³/mol. The number of carbonyl (C=O) groups is 1. The van der Waals surface area contributed by atoms with Crippen LogP contribution in [0.15, 0.2) is 18.2 Å². The van der Waals surface area contributed by atoms with E-state index in [-0.39, 0.29) is 11.5 Å². The maximum Gasteiger partial charge on any atom is 0.338 e. The zero-order chi connectivity index (χ0) is 12.6. The summed E-state index contributed by atoms with van der Waals surface area (Å²) in [7, 11) is 1.40. The van der Waals surface area contributed by atoms with Crippen LogP contribution in [0.3, 0.4) is 0 Å². The smallest absolute Gasteiger partial charge is 0.338 e. The SMILES string of the molecule is COC(=O)c1ccc(C2CC(C)(N)C2)cc1C. The van der Waals surface area contributed by atoms with Crippen molar-refractivity contribution in [1.29, 1.82) is 0 Å². The van der Waals surface area contributed by atoms with Gasteiger partial charge < -0.3 is 10.5 Å². The predicted octanol–water partition coefficient (Wildman–Crippen LogP) is 2.38. The minimum atomic E-state index is -0.272. The van der Waals surface area contributed by atoms with Gasteiger partial charge in [-0.25, -0.2) is 4.79 Å². The van der Waals surface area contributed by atoms with Crippen molar-refractivity contribution in [3.05, 3.63) is 34.9 Å². The Labute approximate surface area is 102 Å². The number of nitrogens with two attached hydrogens (primary N) is 1. The van der Waals surface area contributed by atoms with Gasteiger partial charge in [-0.1, -0.05) is 12.1 Å². The molecule has 0 atom stereocenters. The fraction of sp³-hybridized carbons (Fsp3) is 0.500. The van der Waals surface area contributed by atoms with Crippen LogP contribution in [0.2, 0.25) is 0 Å². The molecule has 0 radical (unpaired) electrons. The Hall–Kier alpha value is -1.35. The third kappa shape index (κ3) is 2.34. The van der Waals surface area contributed by atoms with Crippen molar-refractivity contribution in [3.8, 4) is 0 Å². The molecule has 92 valence electrons. The Kier molecular flexibility index (Phi) is 2.96. The topological polar surface area (TPSA) is 52.3 Å². The summed E-state index contributed by atoms with van der Waals surface area (Å²) in [6.07, 6.45) is 2.04. The van der Waals surface area contributed by atoms with Crippen LogP contribution in [0.25, 0.3) is 0 Å². The molecule has 0 spiro atoms. The molecule has 1 aliphatic carbocycles. The lowest BCUT2D eigenvalue weighted by molar-refractivity contribution is 0.0600. The molecule has 1 aromatic carbocycles. The highest BCUT2D eigenvalue weighted by Gasteiger charge is 2.37. The van der Waals surface area contributed by atoms with Gasteiger partial charge in [0, 0.05) is 5.54 Å². The van der Waals surface area contributed by atoms with Crippen LogP contribution in [0, 0.1) is 6.92 Å². The van der Waals surface area contributed by atoms with Crippen molar-refractivity contribution in [2.75, 3.05) is 7.11 Å². The van der Waals surface area contributed by atoms with E-state index in [2.05, 4.69) is 13.0 Å². The van der Waals surface area contributed by atoms with Crippen LogP contribution in [-0.4, -0.2) is 18.6 Å². The van der Waals surface area contributed by atoms with E-state index in [4.69, 9.17) is 10.5 Å². The lowest BCUT2D eigenvalue weighted by Gasteiger charge is -2.42. The molecule has 1 saturated carbocycles. The summed E-state index contributed by atoms with van der Waals surface area (Å²) in [5.41, 5.74) is 8.89. The molecule has 3 nitrogen and oxygen atoms in total. The first kappa shape index (κ1) is 12.1. The zero-order valence-corrected chi connectivity index (χ0v) is 10.6. The molecule has 1 aliphatic rings. The summed E-state index contributed by atoms with van der Waals surface area (Å²) < 4.78 is 4.73. The first-order valence-corrected chi connectivity index (χ1v) is 5.91. The van der Waals surface area contributed by atoms with Gasteiger partial charge in [-0.3, -0.25) is 0 Å². The van der Waals surface area contributed by atoms with E-state index in [1.165, 1.54) is 12.7 Å². The van der Waals surface area contributed by atoms with Crippen LogP contribution in [-0.2, 0) is 4.74 Å². The van der Waals surface area contributed by atoms with Crippen molar-refractivity contribution in [3.63, 3.8) is 0 Å². The number of rotatable bonds is 2. The summed E-state index contributed by atoms with van der Waals surface area (Å²) in [6.45, 7) is 4.02. The Balaban J connectivity index is 2.18. The van der Waals surface area contributed by atoms with Gasteiger partial charge in [0.05, 0.1) is 12.7 Å². The Bertz CT molecular complexity index is 444. The van der Waals surface area contributed by atoms with Crippen LogP contribution < -0.4 is 5.73 Å². The van der Waals surface area contributed by atoms with Gasteiger partial charge in [0.1, 0.15) is 0 Å². The lowest BCUT2D eigenvalue weighted by Crippen LogP contribution is -2.47. The van der Waals surface area contributed by atoms with Gasteiger partial charge in [-0.05, 0) is 49.8 Å². The molecule has 3 heteroatoms. The van der Waals surface area contributed by atoms with Gasteiger partial charge in [0.25, 0.3) is 0 Å². The molecule has 0 saturated heterocycles. The maximum atomic E-state index is 11.5. The summed E-state index contributed by atoms with van der Waals surface area (Å²) in [5.74, 6) is 0.265. The van der Waals surface area contributed by atoms with E-state index >= 15 is 0 Å². The van der Waals surface area contributed by atoms with E-state index in [1.807, 2.05) is 19.1 Å². The van der Waals surface area contributed by atoms with E-state index in [9.17, 15) is 4.79 Å². The number of carbonyl (C=O) groups excluding carboxylic acids is 1. The average Bonchev–Trinajstić information content (AvgIpc) is 2.24. The van der Waals surface area contributed by atoms with Crippen molar-refractivity contribution >= 4 is 5.97 Å². The van der Waals surface area contributed by atoms with Gasteiger partial charge in [0.2, 0.25) is 0 Å². The highest BCUT2D eigenvalue weighted by atomic mass is 16.5. The van der Waals surface area contributed by atoms with Gasteiger partial charge in [-0.15, -0.1) is 0 Å². The van der Waals surface area contributed by atoms with Crippen LogP contribution in [0.1, 0.15) is 47.2 Å².